The van der Waals surface area contributed by atoms with Crippen LogP contribution in [0.4, 0.5) is 0 Å². The van der Waals surface area contributed by atoms with E-state index in [-0.39, 0.29) is 11.9 Å². The molecule has 0 aliphatic heterocycles. The Morgan fingerprint density at radius 3 is 2.91 bits per heavy atom. The molecule has 22 heavy (non-hydrogen) atoms. The Morgan fingerprint density at radius 2 is 2.18 bits per heavy atom. The number of nitrogens with one attached hydrogen (secondary N) is 1. The van der Waals surface area contributed by atoms with Crippen molar-refractivity contribution in [2.45, 2.75) is 33.4 Å². The van der Waals surface area contributed by atoms with Crippen molar-refractivity contribution in [1.82, 2.24) is 34.7 Å². The van der Waals surface area contributed by atoms with Gasteiger partial charge in [0.2, 0.25) is 0 Å². The summed E-state index contributed by atoms with van der Waals surface area (Å²) in [6.45, 7) is 6.30. The molecule has 1 unspecified atom stereocenters. The van der Waals surface area contributed by atoms with Gasteiger partial charge in [0.15, 0.2) is 5.65 Å². The standard InChI is InChI=1S/C14H17N7O/c1-9-4-11(3)21-13(18-9)12(5-16-21)14(22)19-10(2)6-20-8-15-7-17-20/h4-5,7-8,10H,6H2,1-3H3,(H,19,22). The highest BCUT2D eigenvalue weighted by atomic mass is 16.1. The molecule has 8 heteroatoms. The SMILES string of the molecule is Cc1cc(C)n2ncc(C(=O)NC(C)Cn3cncn3)c2n1. The summed E-state index contributed by atoms with van der Waals surface area (Å²) >= 11 is 0. The minimum atomic E-state index is -0.194. The van der Waals surface area contributed by atoms with Gasteiger partial charge in [-0.15, -0.1) is 0 Å². The largest absolute Gasteiger partial charge is 0.348 e. The van der Waals surface area contributed by atoms with Crippen LogP contribution in [0.15, 0.2) is 24.9 Å². The highest BCUT2D eigenvalue weighted by Crippen LogP contribution is 2.12. The average molecular weight is 299 g/mol. The minimum Gasteiger partial charge on any atom is -0.348 e. The molecule has 114 valence electrons. The number of amides is 1. The van der Waals surface area contributed by atoms with E-state index in [1.165, 1.54) is 6.33 Å². The quantitative estimate of drug-likeness (QED) is 0.768. The van der Waals surface area contributed by atoms with Crippen molar-refractivity contribution in [3.05, 3.63) is 41.9 Å². The van der Waals surface area contributed by atoms with Crippen molar-refractivity contribution in [3.8, 4) is 0 Å². The Labute approximate surface area is 127 Å². The number of carbonyl (C=O) groups is 1. The molecule has 8 nitrogen and oxygen atoms in total. The molecule has 0 saturated carbocycles. The van der Waals surface area contributed by atoms with Crippen molar-refractivity contribution in [1.29, 1.82) is 0 Å². The Kier molecular flexibility index (Phi) is 3.58. The summed E-state index contributed by atoms with van der Waals surface area (Å²) in [5.74, 6) is -0.194. The fourth-order valence-electron chi connectivity index (χ4n) is 2.39. The van der Waals surface area contributed by atoms with E-state index in [4.69, 9.17) is 0 Å². The van der Waals surface area contributed by atoms with Crippen LogP contribution < -0.4 is 5.32 Å². The Morgan fingerprint density at radius 1 is 1.36 bits per heavy atom. The summed E-state index contributed by atoms with van der Waals surface area (Å²) in [6.07, 6.45) is 4.63. The van der Waals surface area contributed by atoms with Crippen LogP contribution in [0.5, 0.6) is 0 Å². The monoisotopic (exact) mass is 299 g/mol. The van der Waals surface area contributed by atoms with Gasteiger partial charge in [0, 0.05) is 17.4 Å². The lowest BCUT2D eigenvalue weighted by Gasteiger charge is -2.13. The lowest BCUT2D eigenvalue weighted by molar-refractivity contribution is 0.0937. The minimum absolute atomic E-state index is 0.0879. The maximum Gasteiger partial charge on any atom is 0.257 e. The first kappa shape index (κ1) is 14.2. The van der Waals surface area contributed by atoms with Gasteiger partial charge in [-0.1, -0.05) is 0 Å². The maximum absolute atomic E-state index is 12.4. The Balaban J connectivity index is 1.80. The molecule has 0 saturated heterocycles. The van der Waals surface area contributed by atoms with Gasteiger partial charge >= 0.3 is 0 Å². The zero-order valence-corrected chi connectivity index (χ0v) is 12.7. The van der Waals surface area contributed by atoms with Gasteiger partial charge in [-0.05, 0) is 26.8 Å². The van der Waals surface area contributed by atoms with E-state index in [2.05, 4.69) is 25.5 Å². The van der Waals surface area contributed by atoms with Gasteiger partial charge in [-0.2, -0.15) is 10.2 Å². The van der Waals surface area contributed by atoms with E-state index >= 15 is 0 Å². The lowest BCUT2D eigenvalue weighted by atomic mass is 10.2. The first-order valence-electron chi connectivity index (χ1n) is 7.00. The molecule has 0 fully saturated rings. The topological polar surface area (TPSA) is 90.0 Å². The normalized spacial score (nSPS) is 12.5. The smallest absolute Gasteiger partial charge is 0.257 e. The van der Waals surface area contributed by atoms with E-state index in [1.807, 2.05) is 26.8 Å². The van der Waals surface area contributed by atoms with E-state index in [9.17, 15) is 4.79 Å². The van der Waals surface area contributed by atoms with Crippen LogP contribution in [-0.2, 0) is 6.54 Å². The molecule has 1 N–H and O–H groups in total. The highest BCUT2D eigenvalue weighted by Gasteiger charge is 2.17. The van der Waals surface area contributed by atoms with Crippen molar-refractivity contribution >= 4 is 11.6 Å². The van der Waals surface area contributed by atoms with Gasteiger partial charge in [-0.3, -0.25) is 9.48 Å². The Bertz CT molecular complexity index is 806. The molecular weight excluding hydrogens is 282 g/mol. The Hall–Kier alpha value is -2.77. The van der Waals surface area contributed by atoms with Crippen LogP contribution in [0.2, 0.25) is 0 Å². The number of carbonyl (C=O) groups excluding carboxylic acids is 1. The number of aromatic nitrogens is 6. The molecule has 3 rings (SSSR count). The molecule has 3 heterocycles. The van der Waals surface area contributed by atoms with E-state index < -0.39 is 0 Å². The molecule has 0 aromatic carbocycles. The van der Waals surface area contributed by atoms with E-state index in [1.54, 1.807) is 21.7 Å². The van der Waals surface area contributed by atoms with Crippen LogP contribution >= 0.6 is 0 Å². The summed E-state index contributed by atoms with van der Waals surface area (Å²) in [6, 6.07) is 1.84. The highest BCUT2D eigenvalue weighted by molar-refractivity contribution is 5.99. The fraction of sp³-hybridized carbons (Fsp3) is 0.357. The van der Waals surface area contributed by atoms with Gasteiger partial charge in [0.25, 0.3) is 5.91 Å². The van der Waals surface area contributed by atoms with Crippen LogP contribution in [-0.4, -0.2) is 41.3 Å². The van der Waals surface area contributed by atoms with Crippen LogP contribution in [0.1, 0.15) is 28.7 Å². The molecule has 3 aromatic heterocycles. The first-order valence-corrected chi connectivity index (χ1v) is 7.00. The fourth-order valence-corrected chi connectivity index (χ4v) is 2.39. The summed E-state index contributed by atoms with van der Waals surface area (Å²) < 4.78 is 3.34. The molecule has 1 atom stereocenters. The number of fused-ring (bicyclic) bond motifs is 1. The number of hydrogen-bond donors (Lipinski definition) is 1. The van der Waals surface area contributed by atoms with Gasteiger partial charge in [0.05, 0.1) is 12.7 Å². The first-order chi connectivity index (χ1) is 10.5. The molecule has 0 radical (unpaired) electrons. The van der Waals surface area contributed by atoms with Crippen molar-refractivity contribution in [2.75, 3.05) is 0 Å². The summed E-state index contributed by atoms with van der Waals surface area (Å²) in [5, 5.41) is 11.2. The number of nitrogens with zero attached hydrogens (tertiary/aromatic N) is 6. The molecule has 0 aliphatic rings. The molecular formula is C14H17N7O. The zero-order chi connectivity index (χ0) is 15.7. The molecule has 0 aliphatic carbocycles. The predicted molar refractivity (Wildman–Crippen MR) is 79.4 cm³/mol. The summed E-state index contributed by atoms with van der Waals surface area (Å²) in [7, 11) is 0. The van der Waals surface area contributed by atoms with Crippen LogP contribution in [0.25, 0.3) is 5.65 Å². The van der Waals surface area contributed by atoms with Crippen molar-refractivity contribution in [3.63, 3.8) is 0 Å². The van der Waals surface area contributed by atoms with E-state index in [0.717, 1.165) is 11.4 Å². The maximum atomic E-state index is 12.4. The predicted octanol–water partition coefficient (Wildman–Crippen LogP) is 0.756. The van der Waals surface area contributed by atoms with Crippen molar-refractivity contribution in [2.24, 2.45) is 0 Å². The summed E-state index contributed by atoms with van der Waals surface area (Å²) in [5.41, 5.74) is 2.84. The van der Waals surface area contributed by atoms with E-state index in [0.29, 0.717) is 17.8 Å². The molecule has 0 bridgehead atoms. The third-order valence-electron chi connectivity index (χ3n) is 3.33. The van der Waals surface area contributed by atoms with Crippen LogP contribution in [0.3, 0.4) is 0 Å². The van der Waals surface area contributed by atoms with Gasteiger partial charge in [-0.25, -0.2) is 14.5 Å². The van der Waals surface area contributed by atoms with Gasteiger partial charge in [0.1, 0.15) is 18.2 Å². The zero-order valence-electron chi connectivity index (χ0n) is 12.7. The number of aryl methyl sites for hydroxylation is 2. The summed E-state index contributed by atoms with van der Waals surface area (Å²) in [4.78, 5) is 20.7. The average Bonchev–Trinajstić information content (AvgIpc) is 3.07. The van der Waals surface area contributed by atoms with Gasteiger partial charge < -0.3 is 5.32 Å². The molecule has 3 aromatic rings. The lowest BCUT2D eigenvalue weighted by Crippen LogP contribution is -2.35. The molecule has 0 spiro atoms. The molecule has 1 amide bonds. The third kappa shape index (κ3) is 2.67. The number of hydrogen-bond acceptors (Lipinski definition) is 5. The van der Waals surface area contributed by atoms with Crippen LogP contribution in [0, 0.1) is 13.8 Å². The second-order valence-electron chi connectivity index (χ2n) is 5.32. The third-order valence-corrected chi connectivity index (χ3v) is 3.33. The van der Waals surface area contributed by atoms with Crippen molar-refractivity contribution < 1.29 is 4.79 Å². The second kappa shape index (κ2) is 5.55. The number of rotatable bonds is 4. The second-order valence-corrected chi connectivity index (χ2v) is 5.32.